The summed E-state index contributed by atoms with van der Waals surface area (Å²) in [6.07, 6.45) is 17.9. The molecule has 0 aromatic carbocycles. The Labute approximate surface area is 136 Å². The molecule has 0 bridgehead atoms. The highest BCUT2D eigenvalue weighted by Crippen LogP contribution is 2.10. The van der Waals surface area contributed by atoms with Crippen molar-refractivity contribution in [3.8, 4) is 0 Å². The molecular formula is C19H35O3+. The van der Waals surface area contributed by atoms with Crippen molar-refractivity contribution in [1.82, 2.24) is 0 Å². The van der Waals surface area contributed by atoms with E-state index in [0.29, 0.717) is 6.42 Å². The van der Waals surface area contributed by atoms with Gasteiger partial charge in [0.2, 0.25) is 0 Å². The fraction of sp³-hybridized carbons (Fsp3) is 0.789. The second-order valence-electron chi connectivity index (χ2n) is 6.03. The Bertz CT molecular complexity index is 297. The molecule has 0 amide bonds. The number of rotatable bonds is 15. The molecule has 3 nitrogen and oxygen atoms in total. The molecule has 0 aromatic heterocycles. The first-order chi connectivity index (χ1) is 10.7. The SMILES string of the molecule is C=[O+]C(=O)CCCCCCC/C=C/CC(O)CCCCCC. The van der Waals surface area contributed by atoms with Gasteiger partial charge in [-0.2, -0.15) is 0 Å². The summed E-state index contributed by atoms with van der Waals surface area (Å²) < 4.78 is 4.36. The van der Waals surface area contributed by atoms with E-state index in [1.807, 2.05) is 0 Å². The molecular weight excluding hydrogens is 276 g/mol. The standard InChI is InChI=1S/C19H35O3/c1-3-4-5-12-15-18(20)16-13-10-8-6-7-9-11-14-17-19(21)22-2/h10,13,18,20H,2-9,11-12,14-17H2,1H3/q+1/b13-10+. The van der Waals surface area contributed by atoms with E-state index < -0.39 is 0 Å². The molecule has 128 valence electrons. The molecule has 1 N–H and O–H groups in total. The minimum absolute atomic E-state index is 0.166. The number of carbonyl (C=O) groups excluding carboxylic acids is 2. The van der Waals surface area contributed by atoms with Gasteiger partial charge >= 0.3 is 5.97 Å². The number of hydrogen-bond donors (Lipinski definition) is 1. The average Bonchev–Trinajstić information content (AvgIpc) is 2.53. The molecule has 0 aliphatic carbocycles. The molecule has 0 aliphatic rings. The highest BCUT2D eigenvalue weighted by Gasteiger charge is 2.09. The van der Waals surface area contributed by atoms with Crippen LogP contribution in [0.25, 0.3) is 0 Å². The van der Waals surface area contributed by atoms with E-state index in [1.165, 1.54) is 32.1 Å². The summed E-state index contributed by atoms with van der Waals surface area (Å²) in [6, 6.07) is 0. The van der Waals surface area contributed by atoms with Crippen molar-refractivity contribution < 1.29 is 14.3 Å². The van der Waals surface area contributed by atoms with Gasteiger partial charge in [-0.15, -0.1) is 0 Å². The number of unbranched alkanes of at least 4 members (excludes halogenated alkanes) is 8. The van der Waals surface area contributed by atoms with Crippen molar-refractivity contribution in [1.29, 1.82) is 0 Å². The Hall–Kier alpha value is -0.960. The van der Waals surface area contributed by atoms with Crippen molar-refractivity contribution >= 4 is 12.8 Å². The first-order valence-electron chi connectivity index (χ1n) is 8.98. The van der Waals surface area contributed by atoms with Crippen molar-refractivity contribution in [3.63, 3.8) is 0 Å². The monoisotopic (exact) mass is 311 g/mol. The predicted molar refractivity (Wildman–Crippen MR) is 93.0 cm³/mol. The second kappa shape index (κ2) is 16.4. The molecule has 3 heteroatoms. The molecule has 0 heterocycles. The van der Waals surface area contributed by atoms with E-state index in [2.05, 4.69) is 30.3 Å². The lowest BCUT2D eigenvalue weighted by Crippen LogP contribution is -2.04. The lowest BCUT2D eigenvalue weighted by Gasteiger charge is -2.07. The molecule has 0 fully saturated rings. The molecule has 22 heavy (non-hydrogen) atoms. The molecule has 0 aliphatic heterocycles. The van der Waals surface area contributed by atoms with E-state index in [1.54, 1.807) is 0 Å². The number of carbonyl (C=O) groups is 1. The Balaban J connectivity index is 3.29. The molecule has 0 radical (unpaired) electrons. The summed E-state index contributed by atoms with van der Waals surface area (Å²) in [4.78, 5) is 10.9. The Morgan fingerprint density at radius 2 is 1.73 bits per heavy atom. The van der Waals surface area contributed by atoms with Gasteiger partial charge in [0, 0.05) is 4.79 Å². The quantitative estimate of drug-likeness (QED) is 0.266. The van der Waals surface area contributed by atoms with Gasteiger partial charge in [-0.05, 0) is 32.1 Å². The van der Waals surface area contributed by atoms with E-state index >= 15 is 0 Å². The Morgan fingerprint density at radius 3 is 2.45 bits per heavy atom. The first kappa shape index (κ1) is 21.0. The second-order valence-corrected chi connectivity index (χ2v) is 6.03. The van der Waals surface area contributed by atoms with Gasteiger partial charge in [0.15, 0.2) is 6.79 Å². The van der Waals surface area contributed by atoms with Gasteiger partial charge in [0.1, 0.15) is 6.42 Å². The van der Waals surface area contributed by atoms with Crippen LogP contribution in [-0.2, 0) is 9.22 Å². The van der Waals surface area contributed by atoms with Gasteiger partial charge in [-0.1, -0.05) is 64.0 Å². The average molecular weight is 311 g/mol. The zero-order valence-corrected chi connectivity index (χ0v) is 14.4. The predicted octanol–water partition coefficient (Wildman–Crippen LogP) is 4.89. The van der Waals surface area contributed by atoms with Gasteiger partial charge in [0.25, 0.3) is 0 Å². The molecule has 1 atom stereocenters. The fourth-order valence-electron chi connectivity index (χ4n) is 2.43. The van der Waals surface area contributed by atoms with Crippen LogP contribution in [0, 0.1) is 0 Å². The van der Waals surface area contributed by atoms with Crippen LogP contribution in [0.15, 0.2) is 12.2 Å². The maximum absolute atomic E-state index is 10.9. The highest BCUT2D eigenvalue weighted by molar-refractivity contribution is 5.66. The summed E-state index contributed by atoms with van der Waals surface area (Å²) in [6.45, 7) is 5.31. The Morgan fingerprint density at radius 1 is 1.05 bits per heavy atom. The molecule has 0 saturated carbocycles. The van der Waals surface area contributed by atoms with Crippen LogP contribution >= 0.6 is 0 Å². The van der Waals surface area contributed by atoms with Crippen molar-refractivity contribution in [3.05, 3.63) is 12.2 Å². The summed E-state index contributed by atoms with van der Waals surface area (Å²) in [5.74, 6) is -0.212. The van der Waals surface area contributed by atoms with Crippen molar-refractivity contribution in [2.45, 2.75) is 96.5 Å². The van der Waals surface area contributed by atoms with E-state index in [4.69, 9.17) is 0 Å². The zero-order valence-electron chi connectivity index (χ0n) is 14.4. The third-order valence-electron chi connectivity index (χ3n) is 3.88. The third kappa shape index (κ3) is 15.4. The van der Waals surface area contributed by atoms with Gasteiger partial charge in [0.05, 0.1) is 6.10 Å². The van der Waals surface area contributed by atoms with Crippen LogP contribution in [0.2, 0.25) is 0 Å². The van der Waals surface area contributed by atoms with Crippen LogP contribution in [-0.4, -0.2) is 24.0 Å². The maximum atomic E-state index is 10.9. The minimum atomic E-state index is -0.212. The topological polar surface area (TPSA) is 48.6 Å². The summed E-state index contributed by atoms with van der Waals surface area (Å²) >= 11 is 0. The van der Waals surface area contributed by atoms with Gasteiger partial charge in [-0.25, -0.2) is 0 Å². The number of hydrogen-bond acceptors (Lipinski definition) is 2. The molecule has 1 unspecified atom stereocenters. The van der Waals surface area contributed by atoms with E-state index in [0.717, 1.165) is 44.9 Å². The molecule has 0 aromatic rings. The first-order valence-corrected chi connectivity index (χ1v) is 8.98. The fourth-order valence-corrected chi connectivity index (χ4v) is 2.43. The highest BCUT2D eigenvalue weighted by atomic mass is 16.4. The lowest BCUT2D eigenvalue weighted by atomic mass is 10.1. The molecule has 0 rings (SSSR count). The Kier molecular flexibility index (Phi) is 15.7. The zero-order chi connectivity index (χ0) is 16.5. The van der Waals surface area contributed by atoms with Crippen molar-refractivity contribution in [2.75, 3.05) is 0 Å². The summed E-state index contributed by atoms with van der Waals surface area (Å²) in [7, 11) is 0. The van der Waals surface area contributed by atoms with Crippen LogP contribution in [0.1, 0.15) is 90.4 Å². The number of allylic oxidation sites excluding steroid dienone is 1. The van der Waals surface area contributed by atoms with E-state index in [-0.39, 0.29) is 12.1 Å². The van der Waals surface area contributed by atoms with Crippen LogP contribution in [0.4, 0.5) is 0 Å². The van der Waals surface area contributed by atoms with Crippen LogP contribution in [0.5, 0.6) is 0 Å². The molecule has 0 saturated heterocycles. The normalized spacial score (nSPS) is 12.6. The third-order valence-corrected chi connectivity index (χ3v) is 3.88. The minimum Gasteiger partial charge on any atom is -0.393 e. The van der Waals surface area contributed by atoms with Gasteiger partial charge in [-0.3, -0.25) is 4.42 Å². The number of aliphatic hydroxyl groups is 1. The smallest absolute Gasteiger partial charge is 0.393 e. The summed E-state index contributed by atoms with van der Waals surface area (Å²) in [5, 5.41) is 9.82. The van der Waals surface area contributed by atoms with Crippen LogP contribution < -0.4 is 0 Å². The largest absolute Gasteiger partial charge is 0.579 e. The van der Waals surface area contributed by atoms with Crippen molar-refractivity contribution in [2.24, 2.45) is 0 Å². The van der Waals surface area contributed by atoms with Gasteiger partial charge < -0.3 is 5.11 Å². The van der Waals surface area contributed by atoms with E-state index in [9.17, 15) is 9.90 Å². The lowest BCUT2D eigenvalue weighted by molar-refractivity contribution is -0.369. The molecule has 0 spiro atoms. The maximum Gasteiger partial charge on any atom is 0.579 e. The van der Waals surface area contributed by atoms with Crippen LogP contribution in [0.3, 0.4) is 0 Å². The number of aliphatic hydroxyl groups excluding tert-OH is 1. The summed E-state index contributed by atoms with van der Waals surface area (Å²) in [5.41, 5.74) is 0.